The second-order valence-corrected chi connectivity index (χ2v) is 7.80. The van der Waals surface area contributed by atoms with Crippen LogP contribution < -0.4 is 23.7 Å². The minimum Gasteiger partial charge on any atom is -0.491 e. The maximum atomic E-state index is 12.4. The highest BCUT2D eigenvalue weighted by atomic mass is 16.7. The molecule has 0 radical (unpaired) electrons. The quantitative estimate of drug-likeness (QED) is 0.173. The van der Waals surface area contributed by atoms with Crippen LogP contribution in [0.4, 0.5) is 0 Å². The maximum Gasteiger partial charge on any atom is 0.343 e. The van der Waals surface area contributed by atoms with Crippen molar-refractivity contribution in [2.75, 3.05) is 33.2 Å². The van der Waals surface area contributed by atoms with Gasteiger partial charge in [-0.1, -0.05) is 0 Å². The number of rotatable bonds is 12. The van der Waals surface area contributed by atoms with Crippen LogP contribution in [0.25, 0.3) is 0 Å². The number of epoxide rings is 2. The van der Waals surface area contributed by atoms with Gasteiger partial charge in [0.25, 0.3) is 0 Å². The number of esters is 1. The zero-order valence-corrected chi connectivity index (χ0v) is 18.4. The fourth-order valence-corrected chi connectivity index (χ4v) is 2.96. The van der Waals surface area contributed by atoms with Gasteiger partial charge in [-0.2, -0.15) is 0 Å². The normalized spacial score (nSPS) is 18.0. The molecule has 8 nitrogen and oxygen atoms in total. The third-order valence-electron chi connectivity index (χ3n) is 5.08. The zero-order valence-electron chi connectivity index (χ0n) is 18.4. The molecule has 34 heavy (non-hydrogen) atoms. The van der Waals surface area contributed by atoms with Gasteiger partial charge < -0.3 is 33.2 Å². The van der Waals surface area contributed by atoms with E-state index in [0.29, 0.717) is 41.8 Å². The Kier molecular flexibility index (Phi) is 6.78. The van der Waals surface area contributed by atoms with Gasteiger partial charge in [0.1, 0.15) is 54.2 Å². The van der Waals surface area contributed by atoms with Gasteiger partial charge in [0, 0.05) is 0 Å². The van der Waals surface area contributed by atoms with Crippen molar-refractivity contribution in [1.82, 2.24) is 0 Å². The lowest BCUT2D eigenvalue weighted by Gasteiger charge is -2.10. The van der Waals surface area contributed by atoms with Gasteiger partial charge >= 0.3 is 5.97 Å². The van der Waals surface area contributed by atoms with Crippen LogP contribution in [0.3, 0.4) is 0 Å². The van der Waals surface area contributed by atoms with E-state index in [9.17, 15) is 4.79 Å². The lowest BCUT2D eigenvalue weighted by molar-refractivity contribution is 0.0734. The van der Waals surface area contributed by atoms with Crippen LogP contribution in [-0.2, 0) is 9.47 Å². The van der Waals surface area contributed by atoms with Gasteiger partial charge in [-0.25, -0.2) is 4.79 Å². The molecule has 0 aromatic heterocycles. The first-order valence-electron chi connectivity index (χ1n) is 11.0. The predicted molar refractivity (Wildman–Crippen MR) is 121 cm³/mol. The summed E-state index contributed by atoms with van der Waals surface area (Å²) in [6.07, 6.45) is 0.403. The Labute approximate surface area is 196 Å². The Morgan fingerprint density at radius 3 is 1.44 bits per heavy atom. The summed E-state index contributed by atoms with van der Waals surface area (Å²) in [5.41, 5.74) is 0.432. The average Bonchev–Trinajstić information content (AvgIpc) is 3.79. The number of carbonyl (C=O) groups is 1. The maximum absolute atomic E-state index is 12.4. The molecule has 2 heterocycles. The van der Waals surface area contributed by atoms with E-state index in [0.717, 1.165) is 19.0 Å². The van der Waals surface area contributed by atoms with Crippen molar-refractivity contribution < 1.29 is 38.0 Å². The molecule has 0 amide bonds. The molecule has 176 valence electrons. The second-order valence-electron chi connectivity index (χ2n) is 7.80. The van der Waals surface area contributed by atoms with Gasteiger partial charge in [0.2, 0.25) is 6.79 Å². The number of carbonyl (C=O) groups excluding carboxylic acids is 1. The molecule has 5 rings (SSSR count). The summed E-state index contributed by atoms with van der Waals surface area (Å²) in [6.45, 7) is 2.62. The third-order valence-corrected chi connectivity index (χ3v) is 5.08. The summed E-state index contributed by atoms with van der Waals surface area (Å²) in [5, 5.41) is 0. The molecule has 2 saturated heterocycles. The van der Waals surface area contributed by atoms with Crippen molar-refractivity contribution in [3.63, 3.8) is 0 Å². The Hall–Kier alpha value is -3.75. The highest BCUT2D eigenvalue weighted by Gasteiger charge is 2.23. The molecule has 3 aromatic carbocycles. The largest absolute Gasteiger partial charge is 0.491 e. The van der Waals surface area contributed by atoms with Crippen molar-refractivity contribution >= 4 is 5.97 Å². The van der Waals surface area contributed by atoms with Crippen molar-refractivity contribution in [2.24, 2.45) is 0 Å². The molecular weight excluding hydrogens is 440 g/mol. The lowest BCUT2D eigenvalue weighted by Crippen LogP contribution is -2.09. The summed E-state index contributed by atoms with van der Waals surface area (Å²) in [7, 11) is 0. The Morgan fingerprint density at radius 1 is 0.618 bits per heavy atom. The molecule has 2 unspecified atom stereocenters. The molecule has 2 atom stereocenters. The van der Waals surface area contributed by atoms with E-state index in [1.54, 1.807) is 48.5 Å². The van der Waals surface area contributed by atoms with Gasteiger partial charge in [-0.05, 0) is 72.8 Å². The van der Waals surface area contributed by atoms with E-state index in [1.807, 2.05) is 24.3 Å². The van der Waals surface area contributed by atoms with E-state index >= 15 is 0 Å². The fraction of sp³-hybridized carbons (Fsp3) is 0.269. The minimum absolute atomic E-state index is 0.0382. The van der Waals surface area contributed by atoms with Gasteiger partial charge in [-0.15, -0.1) is 0 Å². The van der Waals surface area contributed by atoms with Crippen molar-refractivity contribution in [1.29, 1.82) is 0 Å². The van der Waals surface area contributed by atoms with Gasteiger partial charge in [0.15, 0.2) is 0 Å². The summed E-state index contributed by atoms with van der Waals surface area (Å²) >= 11 is 0. The smallest absolute Gasteiger partial charge is 0.343 e. The minimum atomic E-state index is -0.453. The fourth-order valence-electron chi connectivity index (χ4n) is 2.96. The van der Waals surface area contributed by atoms with Crippen molar-refractivity contribution in [2.45, 2.75) is 12.2 Å². The highest BCUT2D eigenvalue weighted by molar-refractivity contribution is 5.91. The van der Waals surface area contributed by atoms with E-state index in [2.05, 4.69) is 0 Å². The first-order valence-corrected chi connectivity index (χ1v) is 11.0. The second kappa shape index (κ2) is 10.5. The van der Waals surface area contributed by atoms with Gasteiger partial charge in [0.05, 0.1) is 18.8 Å². The standard InChI is InChI=1S/C26H24O8/c27-26(18-1-3-19(4-2-18)28-13-24-15-30-24)34-23-11-9-22(10-12-23)33-17-32-21-7-5-20(6-8-21)29-14-25-16-31-25/h1-12,24-25H,13-17H2. The first-order chi connectivity index (χ1) is 16.7. The molecule has 0 bridgehead atoms. The van der Waals surface area contributed by atoms with Crippen LogP contribution in [0.15, 0.2) is 72.8 Å². The molecule has 2 aliphatic rings. The van der Waals surface area contributed by atoms with Crippen LogP contribution >= 0.6 is 0 Å². The molecule has 0 N–H and O–H groups in total. The number of ether oxygens (including phenoxy) is 7. The van der Waals surface area contributed by atoms with E-state index in [1.165, 1.54) is 0 Å². The van der Waals surface area contributed by atoms with Crippen molar-refractivity contribution in [3.05, 3.63) is 78.4 Å². The van der Waals surface area contributed by atoms with Crippen LogP contribution in [0.5, 0.6) is 28.7 Å². The van der Waals surface area contributed by atoms with Crippen LogP contribution in [0.1, 0.15) is 10.4 Å². The zero-order chi connectivity index (χ0) is 23.2. The molecule has 8 heteroatoms. The van der Waals surface area contributed by atoms with E-state index < -0.39 is 5.97 Å². The number of hydrogen-bond donors (Lipinski definition) is 0. The molecule has 3 aromatic rings. The molecular formula is C26H24O8. The van der Waals surface area contributed by atoms with E-state index in [-0.39, 0.29) is 19.0 Å². The van der Waals surface area contributed by atoms with Crippen LogP contribution in [0, 0.1) is 0 Å². The summed E-state index contributed by atoms with van der Waals surface area (Å²) in [6, 6.07) is 20.9. The highest BCUT2D eigenvalue weighted by Crippen LogP contribution is 2.22. The van der Waals surface area contributed by atoms with E-state index in [4.69, 9.17) is 33.2 Å². The lowest BCUT2D eigenvalue weighted by atomic mass is 10.2. The summed E-state index contributed by atoms with van der Waals surface area (Å²) in [4.78, 5) is 12.4. The Morgan fingerprint density at radius 2 is 1.00 bits per heavy atom. The van der Waals surface area contributed by atoms with Crippen molar-refractivity contribution in [3.8, 4) is 28.7 Å². The monoisotopic (exact) mass is 464 g/mol. The molecule has 2 fully saturated rings. The Balaban J connectivity index is 1.04. The third kappa shape index (κ3) is 6.63. The first kappa shape index (κ1) is 22.1. The Bertz CT molecular complexity index is 1070. The van der Waals surface area contributed by atoms with Crippen LogP contribution in [0.2, 0.25) is 0 Å². The van der Waals surface area contributed by atoms with Gasteiger partial charge in [-0.3, -0.25) is 0 Å². The molecule has 0 saturated carbocycles. The number of benzene rings is 3. The summed E-state index contributed by atoms with van der Waals surface area (Å²) < 4.78 is 38.0. The predicted octanol–water partition coefficient (Wildman–Crippen LogP) is 3.88. The van der Waals surface area contributed by atoms with Crippen LogP contribution in [-0.4, -0.2) is 51.4 Å². The topological polar surface area (TPSA) is 88.3 Å². The number of hydrogen-bond acceptors (Lipinski definition) is 8. The molecule has 2 aliphatic heterocycles. The summed E-state index contributed by atoms with van der Waals surface area (Å²) in [5.74, 6) is 2.66. The molecule has 0 aliphatic carbocycles. The molecule has 0 spiro atoms. The SMILES string of the molecule is O=C(Oc1ccc(OCOc2ccc(OCC3CO3)cc2)cc1)c1ccc(OCC2CO2)cc1. The average molecular weight is 464 g/mol.